The van der Waals surface area contributed by atoms with Crippen molar-refractivity contribution in [2.45, 2.75) is 64.1 Å². The van der Waals surface area contributed by atoms with Gasteiger partial charge in [0.15, 0.2) is 6.61 Å². The molecule has 0 bridgehead atoms. The van der Waals surface area contributed by atoms with E-state index in [9.17, 15) is 9.59 Å². The number of benzene rings is 3. The van der Waals surface area contributed by atoms with E-state index in [4.69, 9.17) is 4.74 Å². The zero-order valence-electron chi connectivity index (χ0n) is 21.1. The van der Waals surface area contributed by atoms with E-state index < -0.39 is 6.04 Å². The highest BCUT2D eigenvalue weighted by Crippen LogP contribution is 2.20. The highest BCUT2D eigenvalue weighted by molar-refractivity contribution is 5.88. The SMILES string of the molecule is Cc1ccc(CN(C(=O)COc2ccccc2)[C@H](Cc2ccccc2)C(=O)NC2CCCCC2)cc1. The van der Waals surface area contributed by atoms with Crippen LogP contribution < -0.4 is 10.1 Å². The molecular weight excluding hydrogens is 448 g/mol. The molecule has 0 unspecified atom stereocenters. The molecule has 0 heterocycles. The van der Waals surface area contributed by atoms with Crippen LogP contribution in [-0.4, -0.2) is 35.4 Å². The molecule has 0 saturated heterocycles. The predicted octanol–water partition coefficient (Wildman–Crippen LogP) is 5.46. The molecular formula is C31H36N2O3. The molecule has 5 nitrogen and oxygen atoms in total. The van der Waals surface area contributed by atoms with Crippen LogP contribution in [0.3, 0.4) is 0 Å². The molecule has 188 valence electrons. The average molecular weight is 485 g/mol. The minimum absolute atomic E-state index is 0.0917. The monoisotopic (exact) mass is 484 g/mol. The number of aryl methyl sites for hydroxylation is 1. The molecule has 1 aliphatic rings. The van der Waals surface area contributed by atoms with Gasteiger partial charge in [-0.3, -0.25) is 9.59 Å². The lowest BCUT2D eigenvalue weighted by Gasteiger charge is -2.33. The summed E-state index contributed by atoms with van der Waals surface area (Å²) in [5.74, 6) is 0.331. The van der Waals surface area contributed by atoms with Crippen molar-refractivity contribution in [2.75, 3.05) is 6.61 Å². The van der Waals surface area contributed by atoms with Crippen LogP contribution in [0, 0.1) is 6.92 Å². The van der Waals surface area contributed by atoms with Crippen LogP contribution in [0.15, 0.2) is 84.9 Å². The number of nitrogens with one attached hydrogen (secondary N) is 1. The quantitative estimate of drug-likeness (QED) is 0.416. The number of para-hydroxylation sites is 1. The molecule has 1 aliphatic carbocycles. The van der Waals surface area contributed by atoms with Crippen LogP contribution in [0.2, 0.25) is 0 Å². The van der Waals surface area contributed by atoms with Gasteiger partial charge in [0.05, 0.1) is 0 Å². The fourth-order valence-electron chi connectivity index (χ4n) is 4.73. The third-order valence-electron chi connectivity index (χ3n) is 6.80. The molecule has 3 aromatic carbocycles. The Morgan fingerprint density at radius 1 is 0.861 bits per heavy atom. The summed E-state index contributed by atoms with van der Waals surface area (Å²) in [4.78, 5) is 29.1. The van der Waals surface area contributed by atoms with Gasteiger partial charge in [-0.25, -0.2) is 0 Å². The summed E-state index contributed by atoms with van der Waals surface area (Å²) in [5.41, 5.74) is 3.16. The first-order valence-electron chi connectivity index (χ1n) is 13.0. The Bertz CT molecular complexity index is 1090. The summed E-state index contributed by atoms with van der Waals surface area (Å²) in [5, 5.41) is 3.27. The summed E-state index contributed by atoms with van der Waals surface area (Å²) in [6, 6.07) is 26.9. The first kappa shape index (κ1) is 25.5. The maximum absolute atomic E-state index is 13.7. The van der Waals surface area contributed by atoms with Crippen molar-refractivity contribution in [2.24, 2.45) is 0 Å². The van der Waals surface area contributed by atoms with Crippen molar-refractivity contribution in [3.8, 4) is 5.75 Å². The molecule has 1 fully saturated rings. The molecule has 0 aromatic heterocycles. The van der Waals surface area contributed by atoms with Gasteiger partial charge in [0.1, 0.15) is 11.8 Å². The topological polar surface area (TPSA) is 58.6 Å². The standard InChI is InChI=1S/C31H36N2O3/c1-24-17-19-26(20-18-24)22-33(30(34)23-36-28-15-9-4-10-16-28)29(21-25-11-5-2-6-12-25)31(35)32-27-13-7-3-8-14-27/h2,4-6,9-12,15-20,27,29H,3,7-8,13-14,21-23H2,1H3,(H,32,35)/t29-/m1/s1. The van der Waals surface area contributed by atoms with E-state index in [1.54, 1.807) is 4.90 Å². The minimum Gasteiger partial charge on any atom is -0.484 e. The second-order valence-corrected chi connectivity index (χ2v) is 9.66. The smallest absolute Gasteiger partial charge is 0.261 e. The van der Waals surface area contributed by atoms with Gasteiger partial charge in [0.25, 0.3) is 5.91 Å². The molecule has 0 spiro atoms. The molecule has 1 atom stereocenters. The maximum atomic E-state index is 13.7. The van der Waals surface area contributed by atoms with Gasteiger partial charge in [-0.1, -0.05) is 97.6 Å². The van der Waals surface area contributed by atoms with E-state index in [0.29, 0.717) is 18.7 Å². The predicted molar refractivity (Wildman–Crippen MR) is 143 cm³/mol. The lowest BCUT2D eigenvalue weighted by molar-refractivity contribution is -0.143. The van der Waals surface area contributed by atoms with Gasteiger partial charge in [-0.15, -0.1) is 0 Å². The highest BCUT2D eigenvalue weighted by atomic mass is 16.5. The molecule has 36 heavy (non-hydrogen) atoms. The second-order valence-electron chi connectivity index (χ2n) is 9.66. The van der Waals surface area contributed by atoms with Gasteiger partial charge in [0, 0.05) is 19.0 Å². The van der Waals surface area contributed by atoms with Crippen LogP contribution in [0.5, 0.6) is 5.75 Å². The van der Waals surface area contributed by atoms with Crippen LogP contribution in [0.4, 0.5) is 0 Å². The Kier molecular flexibility index (Phi) is 9.15. The van der Waals surface area contributed by atoms with Crippen molar-refractivity contribution in [3.05, 3.63) is 102 Å². The van der Waals surface area contributed by atoms with Gasteiger partial charge in [-0.05, 0) is 43.0 Å². The number of carbonyl (C=O) groups excluding carboxylic acids is 2. The number of ether oxygens (including phenoxy) is 1. The van der Waals surface area contributed by atoms with Crippen LogP contribution in [0.25, 0.3) is 0 Å². The van der Waals surface area contributed by atoms with E-state index in [-0.39, 0.29) is 24.5 Å². The molecule has 1 N–H and O–H groups in total. The van der Waals surface area contributed by atoms with E-state index in [1.165, 1.54) is 6.42 Å². The fraction of sp³-hybridized carbons (Fsp3) is 0.355. The largest absolute Gasteiger partial charge is 0.484 e. The van der Waals surface area contributed by atoms with Crippen molar-refractivity contribution >= 4 is 11.8 Å². The van der Waals surface area contributed by atoms with Gasteiger partial charge < -0.3 is 15.0 Å². The van der Waals surface area contributed by atoms with Crippen molar-refractivity contribution in [1.82, 2.24) is 10.2 Å². The molecule has 4 rings (SSSR count). The Balaban J connectivity index is 1.60. The van der Waals surface area contributed by atoms with Crippen LogP contribution in [-0.2, 0) is 22.6 Å². The van der Waals surface area contributed by atoms with Crippen LogP contribution >= 0.6 is 0 Å². The van der Waals surface area contributed by atoms with Gasteiger partial charge in [0.2, 0.25) is 5.91 Å². The number of amides is 2. The molecule has 0 radical (unpaired) electrons. The summed E-state index contributed by atoms with van der Waals surface area (Å²) >= 11 is 0. The van der Waals surface area contributed by atoms with Crippen molar-refractivity contribution in [3.63, 3.8) is 0 Å². The number of carbonyl (C=O) groups is 2. The third-order valence-corrected chi connectivity index (χ3v) is 6.80. The number of rotatable bonds is 10. The lowest BCUT2D eigenvalue weighted by Crippen LogP contribution is -2.53. The summed E-state index contributed by atoms with van der Waals surface area (Å²) in [6.45, 7) is 2.25. The molecule has 0 aliphatic heterocycles. The summed E-state index contributed by atoms with van der Waals surface area (Å²) < 4.78 is 5.81. The summed E-state index contributed by atoms with van der Waals surface area (Å²) in [6.07, 6.45) is 5.91. The lowest BCUT2D eigenvalue weighted by atomic mass is 9.94. The fourth-order valence-corrected chi connectivity index (χ4v) is 4.73. The summed E-state index contributed by atoms with van der Waals surface area (Å²) in [7, 11) is 0. The van der Waals surface area contributed by atoms with Gasteiger partial charge >= 0.3 is 0 Å². The Labute approximate surface area is 214 Å². The Hall–Kier alpha value is -3.60. The van der Waals surface area contributed by atoms with E-state index in [2.05, 4.69) is 5.32 Å². The highest BCUT2D eigenvalue weighted by Gasteiger charge is 2.32. The number of nitrogens with zero attached hydrogens (tertiary/aromatic N) is 1. The second kappa shape index (κ2) is 12.9. The number of hydrogen-bond donors (Lipinski definition) is 1. The third kappa shape index (κ3) is 7.45. The van der Waals surface area contributed by atoms with Crippen molar-refractivity contribution < 1.29 is 14.3 Å². The first-order chi connectivity index (χ1) is 17.6. The zero-order chi connectivity index (χ0) is 25.2. The van der Waals surface area contributed by atoms with Gasteiger partial charge in [-0.2, -0.15) is 0 Å². The van der Waals surface area contributed by atoms with Crippen molar-refractivity contribution in [1.29, 1.82) is 0 Å². The van der Waals surface area contributed by atoms with Crippen LogP contribution in [0.1, 0.15) is 48.8 Å². The molecule has 5 heteroatoms. The maximum Gasteiger partial charge on any atom is 0.261 e. The van der Waals surface area contributed by atoms with E-state index in [0.717, 1.165) is 42.4 Å². The average Bonchev–Trinajstić information content (AvgIpc) is 2.92. The normalized spacial score (nSPS) is 14.6. The van der Waals surface area contributed by atoms with E-state index in [1.807, 2.05) is 91.9 Å². The molecule has 3 aromatic rings. The minimum atomic E-state index is -0.637. The first-order valence-corrected chi connectivity index (χ1v) is 13.0. The van der Waals surface area contributed by atoms with E-state index >= 15 is 0 Å². The zero-order valence-corrected chi connectivity index (χ0v) is 21.1. The molecule has 1 saturated carbocycles. The Morgan fingerprint density at radius 2 is 1.50 bits per heavy atom. The Morgan fingerprint density at radius 3 is 2.17 bits per heavy atom. The number of hydrogen-bond acceptors (Lipinski definition) is 3. The molecule has 2 amide bonds.